The molecule has 0 radical (unpaired) electrons. The topological polar surface area (TPSA) is 76.0 Å². The van der Waals surface area contributed by atoms with Crippen LogP contribution < -0.4 is 10.0 Å². The van der Waals surface area contributed by atoms with Gasteiger partial charge in [-0.2, -0.15) is 5.10 Å². The SMILES string of the molecule is CCn1nccc1S(=O)(=O)NCCNC1CCCCCC1. The summed E-state index contributed by atoms with van der Waals surface area (Å²) in [6, 6.07) is 2.07. The lowest BCUT2D eigenvalue weighted by Gasteiger charge is -2.16. The molecule has 0 aliphatic heterocycles. The molecule has 1 aromatic heterocycles. The van der Waals surface area contributed by atoms with Gasteiger partial charge in [0.25, 0.3) is 10.0 Å². The lowest BCUT2D eigenvalue weighted by molar-refractivity contribution is 0.460. The van der Waals surface area contributed by atoms with E-state index in [9.17, 15) is 8.42 Å². The first-order valence-corrected chi connectivity index (χ1v) is 9.36. The molecule has 1 aromatic rings. The molecule has 0 atom stereocenters. The lowest BCUT2D eigenvalue weighted by atomic mass is 10.1. The Morgan fingerprint density at radius 2 is 1.95 bits per heavy atom. The summed E-state index contributed by atoms with van der Waals surface area (Å²) in [5.41, 5.74) is 0. The fraction of sp³-hybridized carbons (Fsp3) is 0.786. The molecule has 2 rings (SSSR count). The molecule has 0 bridgehead atoms. The Morgan fingerprint density at radius 1 is 1.24 bits per heavy atom. The minimum absolute atomic E-state index is 0.236. The van der Waals surface area contributed by atoms with Crippen molar-refractivity contribution in [3.8, 4) is 0 Å². The number of hydrogen-bond acceptors (Lipinski definition) is 4. The number of rotatable bonds is 7. The maximum atomic E-state index is 12.2. The third-order valence-electron chi connectivity index (χ3n) is 3.96. The maximum Gasteiger partial charge on any atom is 0.257 e. The molecular formula is C14H26N4O2S. The van der Waals surface area contributed by atoms with Crippen LogP contribution >= 0.6 is 0 Å². The second-order valence-corrected chi connectivity index (χ2v) is 7.24. The van der Waals surface area contributed by atoms with Gasteiger partial charge in [0.1, 0.15) is 0 Å². The van der Waals surface area contributed by atoms with Gasteiger partial charge in [-0.05, 0) is 25.8 Å². The van der Waals surface area contributed by atoms with Gasteiger partial charge < -0.3 is 5.32 Å². The Labute approximate surface area is 127 Å². The average molecular weight is 314 g/mol. The predicted molar refractivity (Wildman–Crippen MR) is 82.6 cm³/mol. The van der Waals surface area contributed by atoms with E-state index in [1.54, 1.807) is 0 Å². The number of nitrogens with zero attached hydrogens (tertiary/aromatic N) is 2. The molecule has 0 unspecified atom stereocenters. The summed E-state index contributed by atoms with van der Waals surface area (Å²) in [7, 11) is -3.46. The van der Waals surface area contributed by atoms with Crippen molar-refractivity contribution in [1.82, 2.24) is 19.8 Å². The van der Waals surface area contributed by atoms with Crippen molar-refractivity contribution in [3.05, 3.63) is 12.3 Å². The van der Waals surface area contributed by atoms with Crippen LogP contribution in [0.15, 0.2) is 17.3 Å². The van der Waals surface area contributed by atoms with Gasteiger partial charge in [0.05, 0.1) is 6.20 Å². The highest BCUT2D eigenvalue weighted by molar-refractivity contribution is 7.89. The lowest BCUT2D eigenvalue weighted by Crippen LogP contribution is -2.37. The van der Waals surface area contributed by atoms with Crippen molar-refractivity contribution in [2.75, 3.05) is 13.1 Å². The molecular weight excluding hydrogens is 288 g/mol. The Bertz CT molecular complexity index is 519. The normalized spacial score (nSPS) is 17.8. The van der Waals surface area contributed by atoms with Gasteiger partial charge in [0.2, 0.25) is 0 Å². The van der Waals surface area contributed by atoms with Crippen LogP contribution in [0.3, 0.4) is 0 Å². The fourth-order valence-corrected chi connectivity index (χ4v) is 4.02. The first kappa shape index (κ1) is 16.5. The fourth-order valence-electron chi connectivity index (χ4n) is 2.81. The van der Waals surface area contributed by atoms with Crippen molar-refractivity contribution in [3.63, 3.8) is 0 Å². The van der Waals surface area contributed by atoms with Crippen molar-refractivity contribution < 1.29 is 8.42 Å². The minimum Gasteiger partial charge on any atom is -0.313 e. The Morgan fingerprint density at radius 3 is 2.62 bits per heavy atom. The van der Waals surface area contributed by atoms with E-state index < -0.39 is 10.0 Å². The minimum atomic E-state index is -3.46. The van der Waals surface area contributed by atoms with Gasteiger partial charge in [-0.3, -0.25) is 4.68 Å². The van der Waals surface area contributed by atoms with E-state index in [0.717, 1.165) is 0 Å². The Balaban J connectivity index is 1.77. The zero-order valence-electron chi connectivity index (χ0n) is 12.7. The van der Waals surface area contributed by atoms with E-state index >= 15 is 0 Å². The molecule has 7 heteroatoms. The molecule has 0 amide bonds. The molecule has 0 saturated heterocycles. The van der Waals surface area contributed by atoms with Crippen molar-refractivity contribution in [1.29, 1.82) is 0 Å². The van der Waals surface area contributed by atoms with E-state index in [0.29, 0.717) is 25.7 Å². The number of aryl methyl sites for hydroxylation is 1. The Kier molecular flexibility index (Phi) is 6.20. The molecule has 6 nitrogen and oxygen atoms in total. The Hall–Kier alpha value is -0.920. The van der Waals surface area contributed by atoms with Crippen LogP contribution in [-0.2, 0) is 16.6 Å². The smallest absolute Gasteiger partial charge is 0.257 e. The van der Waals surface area contributed by atoms with Crippen LogP contribution in [0, 0.1) is 0 Å². The molecule has 1 saturated carbocycles. The van der Waals surface area contributed by atoms with Gasteiger partial charge in [0, 0.05) is 25.7 Å². The van der Waals surface area contributed by atoms with Gasteiger partial charge in [0.15, 0.2) is 5.03 Å². The molecule has 2 N–H and O–H groups in total. The monoisotopic (exact) mass is 314 g/mol. The van der Waals surface area contributed by atoms with E-state index in [1.807, 2.05) is 6.92 Å². The van der Waals surface area contributed by atoms with Gasteiger partial charge in [-0.1, -0.05) is 25.7 Å². The maximum absolute atomic E-state index is 12.2. The van der Waals surface area contributed by atoms with Gasteiger partial charge >= 0.3 is 0 Å². The highest BCUT2D eigenvalue weighted by Gasteiger charge is 2.18. The van der Waals surface area contributed by atoms with Crippen LogP contribution in [0.1, 0.15) is 45.4 Å². The van der Waals surface area contributed by atoms with E-state index in [-0.39, 0.29) is 5.03 Å². The van der Waals surface area contributed by atoms with Crippen LogP contribution in [0.4, 0.5) is 0 Å². The quantitative estimate of drug-likeness (QED) is 0.590. The molecule has 1 fully saturated rings. The third kappa shape index (κ3) is 4.79. The molecule has 1 heterocycles. The van der Waals surface area contributed by atoms with Crippen molar-refractivity contribution in [2.24, 2.45) is 0 Å². The summed E-state index contributed by atoms with van der Waals surface area (Å²) in [5, 5.41) is 7.69. The largest absolute Gasteiger partial charge is 0.313 e. The third-order valence-corrected chi connectivity index (χ3v) is 5.44. The number of sulfonamides is 1. The summed E-state index contributed by atoms with van der Waals surface area (Å²) in [6.45, 7) is 3.50. The van der Waals surface area contributed by atoms with E-state index in [2.05, 4.69) is 15.1 Å². The molecule has 120 valence electrons. The zero-order chi connectivity index (χ0) is 15.1. The summed E-state index contributed by atoms with van der Waals surface area (Å²) >= 11 is 0. The van der Waals surface area contributed by atoms with E-state index in [1.165, 1.54) is 55.5 Å². The predicted octanol–water partition coefficient (Wildman–Crippen LogP) is 1.49. The second-order valence-electron chi connectivity index (χ2n) is 5.53. The van der Waals surface area contributed by atoms with Gasteiger partial charge in [-0.25, -0.2) is 13.1 Å². The van der Waals surface area contributed by atoms with E-state index in [4.69, 9.17) is 0 Å². The molecule has 21 heavy (non-hydrogen) atoms. The van der Waals surface area contributed by atoms with Crippen LogP contribution in [0.2, 0.25) is 0 Å². The molecule has 0 spiro atoms. The van der Waals surface area contributed by atoms with Gasteiger partial charge in [-0.15, -0.1) is 0 Å². The first-order valence-electron chi connectivity index (χ1n) is 7.88. The summed E-state index contributed by atoms with van der Waals surface area (Å²) in [5.74, 6) is 0. The second kappa shape index (κ2) is 7.91. The average Bonchev–Trinajstić information content (AvgIpc) is 2.81. The number of aromatic nitrogens is 2. The van der Waals surface area contributed by atoms with Crippen molar-refractivity contribution in [2.45, 2.75) is 63.1 Å². The van der Waals surface area contributed by atoms with Crippen LogP contribution in [-0.4, -0.2) is 37.3 Å². The number of nitrogens with one attached hydrogen (secondary N) is 2. The molecule has 1 aliphatic rings. The van der Waals surface area contributed by atoms with Crippen LogP contribution in [0.5, 0.6) is 0 Å². The van der Waals surface area contributed by atoms with Crippen molar-refractivity contribution >= 4 is 10.0 Å². The summed E-state index contributed by atoms with van der Waals surface area (Å²) in [4.78, 5) is 0. The molecule has 0 aromatic carbocycles. The highest BCUT2D eigenvalue weighted by Crippen LogP contribution is 2.16. The summed E-state index contributed by atoms with van der Waals surface area (Å²) < 4.78 is 28.5. The highest BCUT2D eigenvalue weighted by atomic mass is 32.2. The zero-order valence-corrected chi connectivity index (χ0v) is 13.5. The first-order chi connectivity index (χ1) is 10.1. The standard InChI is InChI=1S/C14H26N4O2S/c1-2-18-14(9-10-16-18)21(19,20)17-12-11-15-13-7-5-3-4-6-8-13/h9-10,13,15,17H,2-8,11-12H2,1H3. The summed E-state index contributed by atoms with van der Waals surface area (Å²) in [6.07, 6.45) is 9.13. The van der Waals surface area contributed by atoms with Crippen LogP contribution in [0.25, 0.3) is 0 Å². The molecule has 1 aliphatic carbocycles. The number of hydrogen-bond donors (Lipinski definition) is 2.